The molecule has 2 heterocycles. The van der Waals surface area contributed by atoms with Crippen molar-refractivity contribution < 1.29 is 4.42 Å². The largest absolute Gasteiger partial charge is 0.462 e. The van der Waals surface area contributed by atoms with Crippen molar-refractivity contribution in [1.82, 2.24) is 0 Å². The second-order valence-electron chi connectivity index (χ2n) is 4.03. The Kier molecular flexibility index (Phi) is 2.41. The van der Waals surface area contributed by atoms with E-state index < -0.39 is 0 Å². The summed E-state index contributed by atoms with van der Waals surface area (Å²) in [5, 5.41) is 0. The highest BCUT2D eigenvalue weighted by Gasteiger charge is 2.11. The van der Waals surface area contributed by atoms with Gasteiger partial charge in [-0.25, -0.2) is 0 Å². The van der Waals surface area contributed by atoms with E-state index >= 15 is 0 Å². The fraction of sp³-hybridized carbons (Fsp3) is 0.133. The molecule has 2 aromatic rings. The van der Waals surface area contributed by atoms with Crippen molar-refractivity contribution in [2.45, 2.75) is 13.3 Å². The Morgan fingerprint density at radius 1 is 1.18 bits per heavy atom. The maximum absolute atomic E-state index is 5.67. The number of hydrogen-bond acceptors (Lipinski definition) is 2. The lowest BCUT2D eigenvalue weighted by atomic mass is 10.1. The molecule has 0 amide bonds. The van der Waals surface area contributed by atoms with Crippen LogP contribution in [0.15, 0.2) is 45.8 Å². The second kappa shape index (κ2) is 4.06. The Hall–Kier alpha value is -2.09. The topological polar surface area (TPSA) is 25.5 Å². The van der Waals surface area contributed by atoms with Crippen LogP contribution in [0.4, 0.5) is 5.69 Å². The fourth-order valence-corrected chi connectivity index (χ4v) is 1.97. The van der Waals surface area contributed by atoms with Crippen molar-refractivity contribution in [2.24, 2.45) is 4.99 Å². The number of hydrogen-bond donors (Lipinski definition) is 0. The summed E-state index contributed by atoms with van der Waals surface area (Å²) in [6.45, 7) is 2.09. The van der Waals surface area contributed by atoms with Gasteiger partial charge in [-0.05, 0) is 24.3 Å². The van der Waals surface area contributed by atoms with Gasteiger partial charge < -0.3 is 4.42 Å². The van der Waals surface area contributed by atoms with Gasteiger partial charge in [-0.2, -0.15) is 0 Å². The number of allylic oxidation sites excluding steroid dienone is 1. The number of rotatable bonds is 2. The second-order valence-corrected chi connectivity index (χ2v) is 4.03. The Morgan fingerprint density at radius 3 is 2.88 bits per heavy atom. The standard InChI is InChI=1S/C15H13NO/c1-2-12-7-8-13(17-12)9-11-10-16-15-6-4-3-5-14(11)15/h3-10H,2H2,1H3. The fourth-order valence-electron chi connectivity index (χ4n) is 1.97. The molecular weight excluding hydrogens is 210 g/mol. The molecule has 0 N–H and O–H groups in total. The number of fused-ring (bicyclic) bond motifs is 1. The van der Waals surface area contributed by atoms with Gasteiger partial charge in [0.2, 0.25) is 0 Å². The van der Waals surface area contributed by atoms with E-state index in [-0.39, 0.29) is 0 Å². The van der Waals surface area contributed by atoms with E-state index in [1.807, 2.05) is 42.6 Å². The van der Waals surface area contributed by atoms with Crippen LogP contribution in [0.3, 0.4) is 0 Å². The van der Waals surface area contributed by atoms with Crippen LogP contribution in [-0.4, -0.2) is 6.21 Å². The maximum Gasteiger partial charge on any atom is 0.127 e. The summed E-state index contributed by atoms with van der Waals surface area (Å²) in [6.07, 6.45) is 4.85. The normalized spacial score (nSPS) is 15.5. The summed E-state index contributed by atoms with van der Waals surface area (Å²) < 4.78 is 5.67. The lowest BCUT2D eigenvalue weighted by molar-refractivity contribution is 0.508. The lowest BCUT2D eigenvalue weighted by Crippen LogP contribution is -1.78. The highest BCUT2D eigenvalue weighted by atomic mass is 16.3. The van der Waals surface area contributed by atoms with Crippen molar-refractivity contribution >= 4 is 23.6 Å². The predicted molar refractivity (Wildman–Crippen MR) is 70.6 cm³/mol. The summed E-state index contributed by atoms with van der Waals surface area (Å²) in [6, 6.07) is 12.2. The maximum atomic E-state index is 5.67. The van der Waals surface area contributed by atoms with Gasteiger partial charge in [-0.3, -0.25) is 4.99 Å². The Balaban J connectivity index is 1.99. The third-order valence-corrected chi connectivity index (χ3v) is 2.89. The van der Waals surface area contributed by atoms with Crippen molar-refractivity contribution in [2.75, 3.05) is 0 Å². The van der Waals surface area contributed by atoms with Crippen molar-refractivity contribution in [3.8, 4) is 0 Å². The molecule has 2 heteroatoms. The van der Waals surface area contributed by atoms with Gasteiger partial charge in [0.05, 0.1) is 5.69 Å². The minimum absolute atomic E-state index is 0.889. The average molecular weight is 223 g/mol. The van der Waals surface area contributed by atoms with Crippen LogP contribution in [-0.2, 0) is 6.42 Å². The van der Waals surface area contributed by atoms with Crippen LogP contribution in [0, 0.1) is 0 Å². The molecule has 0 aliphatic carbocycles. The summed E-state index contributed by atoms with van der Waals surface area (Å²) in [7, 11) is 0. The summed E-state index contributed by atoms with van der Waals surface area (Å²) in [5.41, 5.74) is 3.31. The smallest absolute Gasteiger partial charge is 0.127 e. The Morgan fingerprint density at radius 2 is 2.06 bits per heavy atom. The molecule has 0 radical (unpaired) electrons. The van der Waals surface area contributed by atoms with E-state index in [4.69, 9.17) is 4.42 Å². The SMILES string of the molecule is CCc1ccc(C=C2C=Nc3ccccc32)o1. The quantitative estimate of drug-likeness (QED) is 0.752. The summed E-state index contributed by atoms with van der Waals surface area (Å²) in [4.78, 5) is 4.37. The number of furan rings is 1. The molecule has 1 aliphatic heterocycles. The van der Waals surface area contributed by atoms with Gasteiger partial charge in [0.1, 0.15) is 11.5 Å². The molecule has 0 saturated heterocycles. The molecule has 0 saturated carbocycles. The molecule has 0 atom stereocenters. The van der Waals surface area contributed by atoms with Gasteiger partial charge in [-0.1, -0.05) is 25.1 Å². The van der Waals surface area contributed by atoms with Gasteiger partial charge in [0.25, 0.3) is 0 Å². The van der Waals surface area contributed by atoms with Gasteiger partial charge >= 0.3 is 0 Å². The zero-order chi connectivity index (χ0) is 11.7. The predicted octanol–water partition coefficient (Wildman–Crippen LogP) is 4.10. The van der Waals surface area contributed by atoms with Crippen LogP contribution in [0.2, 0.25) is 0 Å². The molecule has 2 nitrogen and oxygen atoms in total. The van der Waals surface area contributed by atoms with Gasteiger partial charge in [0, 0.05) is 23.8 Å². The van der Waals surface area contributed by atoms with Crippen molar-refractivity contribution in [3.63, 3.8) is 0 Å². The summed E-state index contributed by atoms with van der Waals surface area (Å²) in [5.74, 6) is 1.90. The molecule has 1 aromatic carbocycles. The average Bonchev–Trinajstić information content (AvgIpc) is 2.97. The van der Waals surface area contributed by atoms with E-state index in [1.165, 1.54) is 5.56 Å². The zero-order valence-electron chi connectivity index (χ0n) is 9.68. The molecule has 3 rings (SSSR count). The molecule has 0 bridgehead atoms. The van der Waals surface area contributed by atoms with Gasteiger partial charge in [0.15, 0.2) is 0 Å². The van der Waals surface area contributed by atoms with E-state index in [9.17, 15) is 0 Å². The zero-order valence-corrected chi connectivity index (χ0v) is 9.68. The minimum atomic E-state index is 0.889. The third-order valence-electron chi connectivity index (χ3n) is 2.89. The van der Waals surface area contributed by atoms with E-state index in [1.54, 1.807) is 0 Å². The Labute approximate surface area is 100 Å². The molecule has 84 valence electrons. The van der Waals surface area contributed by atoms with Crippen LogP contribution in [0.5, 0.6) is 0 Å². The number of nitrogens with zero attached hydrogens (tertiary/aromatic N) is 1. The molecule has 0 unspecified atom stereocenters. The lowest BCUT2D eigenvalue weighted by Gasteiger charge is -1.97. The molecule has 0 spiro atoms. The minimum Gasteiger partial charge on any atom is -0.462 e. The first kappa shape index (κ1) is 10.1. The first-order valence-electron chi connectivity index (χ1n) is 5.80. The number of aliphatic imine (C=N–C) groups is 1. The molecule has 1 aromatic heterocycles. The number of aryl methyl sites for hydroxylation is 1. The number of benzene rings is 1. The highest BCUT2D eigenvalue weighted by molar-refractivity contribution is 6.21. The molecule has 0 fully saturated rings. The van der Waals surface area contributed by atoms with Crippen LogP contribution >= 0.6 is 0 Å². The van der Waals surface area contributed by atoms with Gasteiger partial charge in [-0.15, -0.1) is 0 Å². The first-order valence-corrected chi connectivity index (χ1v) is 5.80. The Bertz CT molecular complexity index is 605. The molecular formula is C15H13NO. The van der Waals surface area contributed by atoms with Crippen molar-refractivity contribution in [3.05, 3.63) is 53.5 Å². The highest BCUT2D eigenvalue weighted by Crippen LogP contribution is 2.32. The van der Waals surface area contributed by atoms with E-state index in [0.717, 1.165) is 29.2 Å². The number of para-hydroxylation sites is 1. The first-order chi connectivity index (χ1) is 8.36. The monoisotopic (exact) mass is 223 g/mol. The van der Waals surface area contributed by atoms with E-state index in [2.05, 4.69) is 18.0 Å². The van der Waals surface area contributed by atoms with Crippen LogP contribution in [0.25, 0.3) is 11.6 Å². The van der Waals surface area contributed by atoms with Crippen molar-refractivity contribution in [1.29, 1.82) is 0 Å². The van der Waals surface area contributed by atoms with E-state index in [0.29, 0.717) is 0 Å². The molecule has 1 aliphatic rings. The third kappa shape index (κ3) is 1.82. The molecule has 17 heavy (non-hydrogen) atoms. The summed E-state index contributed by atoms with van der Waals surface area (Å²) >= 11 is 0. The van der Waals surface area contributed by atoms with Crippen LogP contribution in [0.1, 0.15) is 24.0 Å². The van der Waals surface area contributed by atoms with Crippen LogP contribution < -0.4 is 0 Å².